The molecule has 3 aliphatic rings. The number of hydrogen-bond acceptors (Lipinski definition) is 7. The first-order valence-corrected chi connectivity index (χ1v) is 17.4. The number of anilines is 1. The predicted octanol–water partition coefficient (Wildman–Crippen LogP) is 4.47. The Morgan fingerprint density at radius 3 is 2.53 bits per heavy atom. The predicted molar refractivity (Wildman–Crippen MR) is 189 cm³/mol. The van der Waals surface area contributed by atoms with Crippen LogP contribution >= 0.6 is 15.9 Å². The van der Waals surface area contributed by atoms with Gasteiger partial charge in [0.2, 0.25) is 11.8 Å². The molecule has 0 aliphatic carbocycles. The maximum absolute atomic E-state index is 14.8. The zero-order valence-electron chi connectivity index (χ0n) is 27.1. The molecule has 10 nitrogen and oxygen atoms in total. The van der Waals surface area contributed by atoms with Gasteiger partial charge in [-0.3, -0.25) is 19.2 Å². The van der Waals surface area contributed by atoms with Gasteiger partial charge in [-0.2, -0.15) is 0 Å². The number of allylic oxidation sites excluding steroid dienone is 1. The van der Waals surface area contributed by atoms with Crippen molar-refractivity contribution in [3.05, 3.63) is 104 Å². The van der Waals surface area contributed by atoms with E-state index in [0.29, 0.717) is 18.5 Å². The van der Waals surface area contributed by atoms with E-state index in [9.17, 15) is 24.3 Å². The third-order valence-corrected chi connectivity index (χ3v) is 10.6. The largest absolute Gasteiger partial charge is 0.463 e. The van der Waals surface area contributed by atoms with E-state index in [1.807, 2.05) is 72.8 Å². The number of carbonyl (C=O) groups excluding carboxylic acids is 4. The van der Waals surface area contributed by atoms with Gasteiger partial charge in [0.25, 0.3) is 5.91 Å². The van der Waals surface area contributed by atoms with E-state index in [1.165, 1.54) is 4.90 Å². The lowest BCUT2D eigenvalue weighted by Crippen LogP contribution is -2.57. The molecule has 3 aromatic carbocycles. The first kappa shape index (κ1) is 34.5. The number of halogens is 1. The maximum Gasteiger partial charge on any atom is 0.306 e. The monoisotopic (exact) mass is 729 g/mol. The number of amides is 3. The fraction of sp³-hybridized carbons (Fsp3) is 0.368. The topological polar surface area (TPSA) is 125 Å². The van der Waals surface area contributed by atoms with Gasteiger partial charge in [-0.15, -0.1) is 13.2 Å². The fourth-order valence-corrected chi connectivity index (χ4v) is 8.59. The van der Waals surface area contributed by atoms with Gasteiger partial charge in [-0.05, 0) is 41.3 Å². The number of esters is 1. The van der Waals surface area contributed by atoms with Crippen molar-refractivity contribution in [1.82, 2.24) is 10.2 Å². The second-order valence-electron chi connectivity index (χ2n) is 12.7. The number of benzene rings is 3. The molecule has 0 aromatic heterocycles. The van der Waals surface area contributed by atoms with Crippen LogP contribution in [0.15, 0.2) is 98.1 Å². The molecule has 0 radical (unpaired) electrons. The second kappa shape index (κ2) is 14.7. The van der Waals surface area contributed by atoms with Crippen LogP contribution < -0.4 is 10.2 Å². The molecular weight excluding hydrogens is 690 g/mol. The van der Waals surface area contributed by atoms with Crippen LogP contribution in [-0.2, 0) is 28.7 Å². The van der Waals surface area contributed by atoms with Crippen molar-refractivity contribution in [1.29, 1.82) is 0 Å². The van der Waals surface area contributed by atoms with Crippen LogP contribution in [0.25, 0.3) is 10.8 Å². The summed E-state index contributed by atoms with van der Waals surface area (Å²) in [6.07, 6.45) is 3.52. The molecule has 256 valence electrons. The summed E-state index contributed by atoms with van der Waals surface area (Å²) >= 11 is 3.71. The molecule has 0 saturated carbocycles. The molecule has 1 spiro atoms. The van der Waals surface area contributed by atoms with E-state index in [4.69, 9.17) is 9.47 Å². The molecule has 1 unspecified atom stereocenters. The molecule has 3 amide bonds. The number of nitrogens with one attached hydrogen (secondary N) is 1. The molecular formula is C38H40BrN3O7. The summed E-state index contributed by atoms with van der Waals surface area (Å²) in [5.74, 6) is -3.57. The van der Waals surface area contributed by atoms with Crippen LogP contribution in [0.2, 0.25) is 0 Å². The molecule has 7 atom stereocenters. The van der Waals surface area contributed by atoms with Gasteiger partial charge in [-0.1, -0.05) is 88.7 Å². The third-order valence-electron chi connectivity index (χ3n) is 9.77. The quantitative estimate of drug-likeness (QED) is 0.143. The normalized spacial score (nSPS) is 25.9. The van der Waals surface area contributed by atoms with Crippen molar-refractivity contribution in [2.24, 2.45) is 11.8 Å². The van der Waals surface area contributed by atoms with Crippen molar-refractivity contribution in [3.63, 3.8) is 0 Å². The van der Waals surface area contributed by atoms with Crippen molar-refractivity contribution in [2.45, 2.75) is 47.9 Å². The Morgan fingerprint density at radius 1 is 1.08 bits per heavy atom. The number of ether oxygens (including phenoxy) is 2. The first-order valence-electron chi connectivity index (χ1n) is 16.5. The number of aliphatic hydroxyl groups is 1. The molecule has 2 bridgehead atoms. The molecule has 2 N–H and O–H groups in total. The Hall–Kier alpha value is -4.32. The maximum atomic E-state index is 14.8. The summed E-state index contributed by atoms with van der Waals surface area (Å²) in [7, 11) is 0. The Labute approximate surface area is 293 Å². The number of likely N-dealkylation sites (tertiary alicyclic amines) is 1. The molecule has 6 rings (SSSR count). The van der Waals surface area contributed by atoms with Crippen LogP contribution in [0, 0.1) is 11.8 Å². The van der Waals surface area contributed by atoms with Crippen molar-refractivity contribution < 1.29 is 33.8 Å². The highest BCUT2D eigenvalue weighted by atomic mass is 79.9. The van der Waals surface area contributed by atoms with E-state index in [-0.39, 0.29) is 43.5 Å². The number of β-amino-alcohol motifs (C(OH)–C–C–N with tert-alkyl or cyclic N) is 1. The number of hydrogen-bond donors (Lipinski definition) is 2. The van der Waals surface area contributed by atoms with Crippen LogP contribution in [-0.4, -0.2) is 82.6 Å². The lowest BCUT2D eigenvalue weighted by atomic mass is 9.70. The Kier molecular flexibility index (Phi) is 10.3. The zero-order chi connectivity index (χ0) is 34.7. The van der Waals surface area contributed by atoms with Crippen LogP contribution in [0.1, 0.15) is 30.9 Å². The standard InChI is InChI=1S/C38H40BrN3O7/c1-3-5-15-30(44)48-23-29(25-12-7-6-8-13-25)40-35(45)31-32-36(46)42(19-20-43)34(38(32)22-28(39)33(31)49-38)37(47)41(18-4-2)27-17-16-24-11-9-10-14-26(24)21-27/h3-4,6-14,16-17,21,28-29,31-34,43H,1-2,5,15,18-20,22-23H2,(H,40,45)/t28?,29-,31-,32+,33-,34-,38+/m1/s1. The van der Waals surface area contributed by atoms with Gasteiger partial charge in [0, 0.05) is 30.0 Å². The second-order valence-corrected chi connectivity index (χ2v) is 13.8. The molecule has 3 aromatic rings. The summed E-state index contributed by atoms with van der Waals surface area (Å²) in [4.78, 5) is 58.4. The molecule has 11 heteroatoms. The number of carbonyl (C=O) groups is 4. The number of nitrogens with zero attached hydrogens (tertiary/aromatic N) is 2. The van der Waals surface area contributed by atoms with E-state index < -0.39 is 53.4 Å². The zero-order valence-corrected chi connectivity index (χ0v) is 28.7. The van der Waals surface area contributed by atoms with E-state index in [0.717, 1.165) is 16.3 Å². The Balaban J connectivity index is 1.32. The highest BCUT2D eigenvalue weighted by molar-refractivity contribution is 9.09. The lowest BCUT2D eigenvalue weighted by Gasteiger charge is -2.37. The molecule has 3 heterocycles. The SMILES string of the molecule is C=CCCC(=O)OC[C@@H](NC(=O)[C@H]1[C@@H]2O[C@@]3(CC2Br)[C@@H]1C(=O)N(CCO)[C@@H]3C(=O)N(CC=C)c1ccc2ccccc2c1)c1ccccc1. The average molecular weight is 731 g/mol. The summed E-state index contributed by atoms with van der Waals surface area (Å²) in [6, 6.07) is 20.9. The minimum absolute atomic E-state index is 0.101. The minimum atomic E-state index is -1.32. The molecule has 3 saturated heterocycles. The van der Waals surface area contributed by atoms with Gasteiger partial charge in [0.1, 0.15) is 18.2 Å². The van der Waals surface area contributed by atoms with Crippen LogP contribution in [0.5, 0.6) is 0 Å². The first-order chi connectivity index (χ1) is 23.7. The Bertz CT molecular complexity index is 1750. The molecule has 3 fully saturated rings. The number of alkyl halides is 1. The number of fused-ring (bicyclic) bond motifs is 2. The van der Waals surface area contributed by atoms with Gasteiger partial charge < -0.3 is 29.7 Å². The van der Waals surface area contributed by atoms with E-state index >= 15 is 0 Å². The number of rotatable bonds is 14. The molecule has 49 heavy (non-hydrogen) atoms. The van der Waals surface area contributed by atoms with E-state index in [1.54, 1.807) is 17.1 Å². The van der Waals surface area contributed by atoms with Crippen molar-refractivity contribution in [2.75, 3.05) is 31.2 Å². The molecule has 3 aliphatic heterocycles. The van der Waals surface area contributed by atoms with Gasteiger partial charge in [-0.25, -0.2) is 0 Å². The van der Waals surface area contributed by atoms with Crippen molar-refractivity contribution >= 4 is 56.1 Å². The highest BCUT2D eigenvalue weighted by Crippen LogP contribution is 2.60. The van der Waals surface area contributed by atoms with Gasteiger partial charge in [0.15, 0.2) is 0 Å². The fourth-order valence-electron chi connectivity index (χ4n) is 7.64. The summed E-state index contributed by atoms with van der Waals surface area (Å²) in [6.45, 7) is 7.11. The lowest BCUT2D eigenvalue weighted by molar-refractivity contribution is -0.146. The van der Waals surface area contributed by atoms with Gasteiger partial charge in [0.05, 0.1) is 30.6 Å². The summed E-state index contributed by atoms with van der Waals surface area (Å²) in [5, 5.41) is 15.1. The summed E-state index contributed by atoms with van der Waals surface area (Å²) < 4.78 is 12.2. The van der Waals surface area contributed by atoms with Gasteiger partial charge >= 0.3 is 5.97 Å². The third kappa shape index (κ3) is 6.42. The minimum Gasteiger partial charge on any atom is -0.463 e. The summed E-state index contributed by atoms with van der Waals surface area (Å²) in [5.41, 5.74) is 0.0370. The van der Waals surface area contributed by atoms with E-state index in [2.05, 4.69) is 34.4 Å². The average Bonchev–Trinajstić information content (AvgIpc) is 3.71. The van der Waals surface area contributed by atoms with Crippen LogP contribution in [0.4, 0.5) is 5.69 Å². The van der Waals surface area contributed by atoms with Crippen LogP contribution in [0.3, 0.4) is 0 Å². The Morgan fingerprint density at radius 2 is 1.82 bits per heavy atom. The highest BCUT2D eigenvalue weighted by Gasteiger charge is 2.76. The smallest absolute Gasteiger partial charge is 0.306 e. The van der Waals surface area contributed by atoms with Crippen molar-refractivity contribution in [3.8, 4) is 0 Å². The number of aliphatic hydroxyl groups excluding tert-OH is 1.